The molecular formula is C10H9N3O3. The summed E-state index contributed by atoms with van der Waals surface area (Å²) >= 11 is 0. The van der Waals surface area contributed by atoms with E-state index in [-0.39, 0.29) is 12.1 Å². The highest BCUT2D eigenvalue weighted by Crippen LogP contribution is 2.15. The number of primary amides is 1. The monoisotopic (exact) mass is 219 g/mol. The topological polar surface area (TPSA) is 110 Å². The quantitative estimate of drug-likeness (QED) is 0.595. The van der Waals surface area contributed by atoms with E-state index in [2.05, 4.69) is 0 Å². The molecule has 0 radical (unpaired) electrons. The number of nitrogens with two attached hydrogens (primary N) is 1. The molecule has 0 aliphatic rings. The summed E-state index contributed by atoms with van der Waals surface area (Å²) in [5.74, 6) is -1.68. The molecule has 2 N–H and O–H groups in total. The Morgan fingerprint density at radius 2 is 2.31 bits per heavy atom. The molecule has 1 atom stereocenters. The van der Waals surface area contributed by atoms with Crippen LogP contribution in [0.3, 0.4) is 0 Å². The molecule has 0 fully saturated rings. The largest absolute Gasteiger partial charge is 0.369 e. The van der Waals surface area contributed by atoms with E-state index in [0.717, 1.165) is 0 Å². The molecular weight excluding hydrogens is 210 g/mol. The lowest BCUT2D eigenvalue weighted by Gasteiger charge is -2.04. The molecule has 1 rings (SSSR count). The molecule has 0 aromatic heterocycles. The Kier molecular flexibility index (Phi) is 3.56. The number of nitriles is 1. The van der Waals surface area contributed by atoms with Crippen molar-refractivity contribution >= 4 is 11.6 Å². The molecule has 0 aliphatic carbocycles. The van der Waals surface area contributed by atoms with Crippen LogP contribution in [0.4, 0.5) is 5.69 Å². The van der Waals surface area contributed by atoms with Gasteiger partial charge in [0.15, 0.2) is 0 Å². The van der Waals surface area contributed by atoms with Gasteiger partial charge >= 0.3 is 0 Å². The second-order valence-electron chi connectivity index (χ2n) is 3.22. The second-order valence-corrected chi connectivity index (χ2v) is 3.22. The first-order valence-corrected chi connectivity index (χ1v) is 4.47. The molecule has 0 heterocycles. The van der Waals surface area contributed by atoms with Crippen molar-refractivity contribution in [2.45, 2.75) is 6.42 Å². The number of rotatable bonds is 4. The van der Waals surface area contributed by atoms with Gasteiger partial charge in [-0.15, -0.1) is 0 Å². The summed E-state index contributed by atoms with van der Waals surface area (Å²) in [5.41, 5.74) is 5.47. The van der Waals surface area contributed by atoms with Gasteiger partial charge in [0.2, 0.25) is 5.91 Å². The molecule has 6 heteroatoms. The van der Waals surface area contributed by atoms with Gasteiger partial charge in [0, 0.05) is 12.1 Å². The predicted molar refractivity (Wildman–Crippen MR) is 55.1 cm³/mol. The number of nitro groups is 1. The van der Waals surface area contributed by atoms with Crippen LogP contribution in [0.2, 0.25) is 0 Å². The van der Waals surface area contributed by atoms with Crippen LogP contribution in [0.1, 0.15) is 5.56 Å². The van der Waals surface area contributed by atoms with Crippen molar-refractivity contribution in [3.05, 3.63) is 39.9 Å². The van der Waals surface area contributed by atoms with Gasteiger partial charge in [-0.05, 0) is 12.0 Å². The molecule has 1 aromatic carbocycles. The van der Waals surface area contributed by atoms with Crippen molar-refractivity contribution in [3.8, 4) is 6.07 Å². The van der Waals surface area contributed by atoms with E-state index >= 15 is 0 Å². The van der Waals surface area contributed by atoms with Gasteiger partial charge in [0.25, 0.3) is 5.69 Å². The highest BCUT2D eigenvalue weighted by atomic mass is 16.6. The summed E-state index contributed by atoms with van der Waals surface area (Å²) in [6.45, 7) is 0. The number of nitrogens with zero attached hydrogens (tertiary/aromatic N) is 2. The number of nitro benzene ring substituents is 1. The number of non-ortho nitro benzene ring substituents is 1. The van der Waals surface area contributed by atoms with Crippen LogP contribution < -0.4 is 5.73 Å². The molecule has 1 unspecified atom stereocenters. The number of carbonyl (C=O) groups excluding carboxylic acids is 1. The third kappa shape index (κ3) is 2.78. The molecule has 1 amide bonds. The van der Waals surface area contributed by atoms with Gasteiger partial charge in [0.05, 0.1) is 11.0 Å². The summed E-state index contributed by atoms with van der Waals surface area (Å²) in [6.07, 6.45) is 0.0908. The van der Waals surface area contributed by atoms with Crippen molar-refractivity contribution in [3.63, 3.8) is 0 Å². The first-order chi connectivity index (χ1) is 7.54. The summed E-state index contributed by atoms with van der Waals surface area (Å²) in [5, 5.41) is 19.1. The molecule has 1 aromatic rings. The number of hydrogen-bond acceptors (Lipinski definition) is 4. The van der Waals surface area contributed by atoms with Gasteiger partial charge in [0.1, 0.15) is 5.92 Å². The Morgan fingerprint density at radius 1 is 1.62 bits per heavy atom. The summed E-state index contributed by atoms with van der Waals surface area (Å²) in [7, 11) is 0. The molecule has 0 saturated carbocycles. The van der Waals surface area contributed by atoms with E-state index in [1.54, 1.807) is 12.1 Å². The number of hydrogen-bond donors (Lipinski definition) is 1. The Morgan fingerprint density at radius 3 is 2.81 bits per heavy atom. The SMILES string of the molecule is N#CC(Cc1cccc([N+](=O)[O-])c1)C(N)=O. The zero-order valence-electron chi connectivity index (χ0n) is 8.29. The zero-order chi connectivity index (χ0) is 12.1. The third-order valence-corrected chi connectivity index (χ3v) is 2.06. The van der Waals surface area contributed by atoms with Gasteiger partial charge in [-0.2, -0.15) is 5.26 Å². The lowest BCUT2D eigenvalue weighted by atomic mass is 10.00. The fourth-order valence-electron chi connectivity index (χ4n) is 1.24. The van der Waals surface area contributed by atoms with Crippen LogP contribution in [0.5, 0.6) is 0 Å². The van der Waals surface area contributed by atoms with E-state index in [4.69, 9.17) is 11.0 Å². The molecule has 0 spiro atoms. The third-order valence-electron chi connectivity index (χ3n) is 2.06. The Labute approximate surface area is 91.4 Å². The molecule has 0 aliphatic heterocycles. The van der Waals surface area contributed by atoms with Crippen molar-refractivity contribution in [2.24, 2.45) is 11.7 Å². The maximum Gasteiger partial charge on any atom is 0.269 e. The normalized spacial score (nSPS) is 11.4. The smallest absolute Gasteiger partial charge is 0.269 e. The molecule has 0 bridgehead atoms. The van der Waals surface area contributed by atoms with Crippen LogP contribution in [0.15, 0.2) is 24.3 Å². The summed E-state index contributed by atoms with van der Waals surface area (Å²) < 4.78 is 0. The lowest BCUT2D eigenvalue weighted by molar-refractivity contribution is -0.384. The maximum absolute atomic E-state index is 10.8. The summed E-state index contributed by atoms with van der Waals surface area (Å²) in [6, 6.07) is 7.54. The van der Waals surface area contributed by atoms with E-state index < -0.39 is 16.7 Å². The van der Waals surface area contributed by atoms with Gasteiger partial charge < -0.3 is 5.73 Å². The molecule has 0 saturated heterocycles. The standard InChI is InChI=1S/C10H9N3O3/c11-6-8(10(12)14)4-7-2-1-3-9(5-7)13(15)16/h1-3,5,8H,4H2,(H2,12,14). The van der Waals surface area contributed by atoms with Crippen LogP contribution in [0, 0.1) is 27.4 Å². The van der Waals surface area contributed by atoms with E-state index in [1.165, 1.54) is 18.2 Å². The summed E-state index contributed by atoms with van der Waals surface area (Å²) in [4.78, 5) is 20.8. The van der Waals surface area contributed by atoms with Crippen molar-refractivity contribution in [1.82, 2.24) is 0 Å². The molecule has 16 heavy (non-hydrogen) atoms. The lowest BCUT2D eigenvalue weighted by Crippen LogP contribution is -2.23. The Balaban J connectivity index is 2.90. The number of amides is 1. The Hall–Kier alpha value is -2.42. The highest BCUT2D eigenvalue weighted by molar-refractivity contribution is 5.79. The first-order valence-electron chi connectivity index (χ1n) is 4.47. The minimum absolute atomic E-state index is 0.0707. The minimum atomic E-state index is -0.956. The highest BCUT2D eigenvalue weighted by Gasteiger charge is 2.16. The predicted octanol–water partition coefficient (Wildman–Crippen LogP) is 0.762. The molecule has 6 nitrogen and oxygen atoms in total. The van der Waals surface area contributed by atoms with Crippen LogP contribution in [0.25, 0.3) is 0 Å². The van der Waals surface area contributed by atoms with E-state index in [0.29, 0.717) is 5.56 Å². The van der Waals surface area contributed by atoms with Gasteiger partial charge in [-0.3, -0.25) is 14.9 Å². The van der Waals surface area contributed by atoms with Crippen LogP contribution >= 0.6 is 0 Å². The fraction of sp³-hybridized carbons (Fsp3) is 0.200. The Bertz CT molecular complexity index is 465. The average molecular weight is 219 g/mol. The van der Waals surface area contributed by atoms with E-state index in [1.807, 2.05) is 0 Å². The van der Waals surface area contributed by atoms with Crippen LogP contribution in [-0.2, 0) is 11.2 Å². The van der Waals surface area contributed by atoms with E-state index in [9.17, 15) is 14.9 Å². The van der Waals surface area contributed by atoms with Crippen molar-refractivity contribution < 1.29 is 9.72 Å². The van der Waals surface area contributed by atoms with Crippen LogP contribution in [-0.4, -0.2) is 10.8 Å². The zero-order valence-corrected chi connectivity index (χ0v) is 8.29. The second kappa shape index (κ2) is 4.89. The number of carbonyl (C=O) groups is 1. The first kappa shape index (κ1) is 11.7. The van der Waals surface area contributed by atoms with Gasteiger partial charge in [-0.1, -0.05) is 12.1 Å². The fourth-order valence-corrected chi connectivity index (χ4v) is 1.24. The number of benzene rings is 1. The van der Waals surface area contributed by atoms with Crippen molar-refractivity contribution in [2.75, 3.05) is 0 Å². The van der Waals surface area contributed by atoms with Crippen molar-refractivity contribution in [1.29, 1.82) is 5.26 Å². The molecule has 82 valence electrons. The maximum atomic E-state index is 10.8. The average Bonchev–Trinajstić information content (AvgIpc) is 2.25. The minimum Gasteiger partial charge on any atom is -0.369 e. The van der Waals surface area contributed by atoms with Gasteiger partial charge in [-0.25, -0.2) is 0 Å².